The molecule has 5 heteroatoms. The highest BCUT2D eigenvalue weighted by atomic mass is 32.1. The summed E-state index contributed by atoms with van der Waals surface area (Å²) < 4.78 is 19.3. The van der Waals surface area contributed by atoms with Gasteiger partial charge in [-0.3, -0.25) is 0 Å². The minimum absolute atomic E-state index is 0.0298. The molecule has 3 aromatic rings. The van der Waals surface area contributed by atoms with Crippen molar-refractivity contribution in [3.8, 4) is 16.9 Å². The molecule has 1 aromatic heterocycles. The van der Waals surface area contributed by atoms with Gasteiger partial charge in [0.1, 0.15) is 11.6 Å². The standard InChI is InChI=1S/C13H7FO3S/c14-10-4-2-1-3-8(10)9-5-7(15)6-11-12(9)17-13(16)18-11/h1-6,15H. The molecule has 0 atom stereocenters. The fourth-order valence-electron chi connectivity index (χ4n) is 1.84. The van der Waals surface area contributed by atoms with Crippen LogP contribution in [0.4, 0.5) is 4.39 Å². The third-order valence-corrected chi connectivity index (χ3v) is 3.36. The van der Waals surface area contributed by atoms with Crippen LogP contribution in [-0.4, -0.2) is 5.11 Å². The predicted octanol–water partition coefficient (Wildman–Crippen LogP) is 3.37. The van der Waals surface area contributed by atoms with Crippen LogP contribution in [0.25, 0.3) is 21.4 Å². The van der Waals surface area contributed by atoms with Crippen molar-refractivity contribution in [1.29, 1.82) is 0 Å². The molecule has 0 aliphatic rings. The molecule has 0 fully saturated rings. The summed E-state index contributed by atoms with van der Waals surface area (Å²) in [6.45, 7) is 0. The van der Waals surface area contributed by atoms with E-state index in [0.29, 0.717) is 21.4 Å². The highest BCUT2D eigenvalue weighted by Crippen LogP contribution is 2.34. The van der Waals surface area contributed by atoms with Crippen LogP contribution in [0.15, 0.2) is 45.6 Å². The first-order chi connectivity index (χ1) is 8.65. The molecule has 1 heterocycles. The summed E-state index contributed by atoms with van der Waals surface area (Å²) in [7, 11) is 0. The predicted molar refractivity (Wildman–Crippen MR) is 67.4 cm³/mol. The van der Waals surface area contributed by atoms with E-state index in [1.165, 1.54) is 18.2 Å². The van der Waals surface area contributed by atoms with Crippen LogP contribution in [0.3, 0.4) is 0 Å². The van der Waals surface area contributed by atoms with Gasteiger partial charge in [0.25, 0.3) is 0 Å². The van der Waals surface area contributed by atoms with Crippen molar-refractivity contribution in [1.82, 2.24) is 0 Å². The van der Waals surface area contributed by atoms with Crippen LogP contribution in [0, 0.1) is 5.82 Å². The molecule has 0 saturated carbocycles. The monoisotopic (exact) mass is 262 g/mol. The van der Waals surface area contributed by atoms with Crippen LogP contribution in [0.2, 0.25) is 0 Å². The van der Waals surface area contributed by atoms with Crippen molar-refractivity contribution in [2.75, 3.05) is 0 Å². The first-order valence-electron chi connectivity index (χ1n) is 5.17. The first kappa shape index (κ1) is 11.0. The van der Waals surface area contributed by atoms with Gasteiger partial charge in [-0.1, -0.05) is 29.5 Å². The number of hydrogen-bond acceptors (Lipinski definition) is 4. The zero-order valence-corrected chi connectivity index (χ0v) is 9.83. The number of aromatic hydroxyl groups is 1. The zero-order chi connectivity index (χ0) is 12.7. The van der Waals surface area contributed by atoms with Crippen LogP contribution in [0.1, 0.15) is 0 Å². The van der Waals surface area contributed by atoms with Crippen molar-refractivity contribution in [2.45, 2.75) is 0 Å². The van der Waals surface area contributed by atoms with Gasteiger partial charge in [-0.05, 0) is 12.1 Å². The van der Waals surface area contributed by atoms with Gasteiger partial charge in [-0.15, -0.1) is 0 Å². The molecule has 0 amide bonds. The lowest BCUT2D eigenvalue weighted by atomic mass is 10.0. The maximum absolute atomic E-state index is 13.7. The minimum Gasteiger partial charge on any atom is -0.508 e. The Morgan fingerprint density at radius 1 is 1.17 bits per heavy atom. The van der Waals surface area contributed by atoms with E-state index >= 15 is 0 Å². The third-order valence-electron chi connectivity index (χ3n) is 2.58. The summed E-state index contributed by atoms with van der Waals surface area (Å²) in [4.78, 5) is 10.8. The van der Waals surface area contributed by atoms with E-state index in [2.05, 4.69) is 0 Å². The van der Waals surface area contributed by atoms with Crippen LogP contribution in [0.5, 0.6) is 5.75 Å². The average molecular weight is 262 g/mol. The molecule has 1 N–H and O–H groups in total. The van der Waals surface area contributed by atoms with Crippen LogP contribution in [-0.2, 0) is 0 Å². The van der Waals surface area contributed by atoms with Crippen molar-refractivity contribution in [3.63, 3.8) is 0 Å². The Morgan fingerprint density at radius 2 is 1.94 bits per heavy atom. The Hall–Kier alpha value is -2.14. The zero-order valence-electron chi connectivity index (χ0n) is 9.01. The van der Waals surface area contributed by atoms with E-state index < -0.39 is 10.8 Å². The fourth-order valence-corrected chi connectivity index (χ4v) is 2.57. The Bertz CT molecular complexity index is 788. The summed E-state index contributed by atoms with van der Waals surface area (Å²) in [6, 6.07) is 8.95. The van der Waals surface area contributed by atoms with Crippen molar-refractivity contribution < 1.29 is 13.9 Å². The number of phenolic OH excluding ortho intramolecular Hbond substituents is 1. The Labute approximate surface area is 105 Å². The molecular formula is C13H7FO3S. The second-order valence-electron chi connectivity index (χ2n) is 3.75. The molecule has 0 spiro atoms. The number of halogens is 1. The Kier molecular flexibility index (Phi) is 2.41. The molecule has 2 aromatic carbocycles. The van der Waals surface area contributed by atoms with Gasteiger partial charge >= 0.3 is 4.94 Å². The third kappa shape index (κ3) is 1.69. The summed E-state index contributed by atoms with van der Waals surface area (Å²) in [6.07, 6.45) is 0. The molecule has 18 heavy (non-hydrogen) atoms. The molecule has 0 aliphatic carbocycles. The lowest BCUT2D eigenvalue weighted by Crippen LogP contribution is -1.85. The quantitative estimate of drug-likeness (QED) is 0.731. The van der Waals surface area contributed by atoms with Crippen LogP contribution >= 0.6 is 11.3 Å². The summed E-state index contributed by atoms with van der Waals surface area (Å²) >= 11 is 0.876. The molecule has 0 bridgehead atoms. The number of phenols is 1. The van der Waals surface area contributed by atoms with Gasteiger partial charge in [0.15, 0.2) is 5.58 Å². The van der Waals surface area contributed by atoms with E-state index in [-0.39, 0.29) is 5.75 Å². The maximum Gasteiger partial charge on any atom is 0.396 e. The highest BCUT2D eigenvalue weighted by Gasteiger charge is 2.14. The first-order valence-corrected chi connectivity index (χ1v) is 5.98. The molecular weight excluding hydrogens is 255 g/mol. The van der Waals surface area contributed by atoms with Gasteiger partial charge in [-0.25, -0.2) is 9.18 Å². The van der Waals surface area contributed by atoms with E-state index in [0.717, 1.165) is 11.3 Å². The Morgan fingerprint density at radius 3 is 2.72 bits per heavy atom. The minimum atomic E-state index is -0.479. The Balaban J connectivity index is 2.41. The topological polar surface area (TPSA) is 50.4 Å². The largest absolute Gasteiger partial charge is 0.508 e. The summed E-state index contributed by atoms with van der Waals surface area (Å²) in [5.74, 6) is -0.462. The summed E-state index contributed by atoms with van der Waals surface area (Å²) in [5.41, 5.74) is 0.967. The lowest BCUT2D eigenvalue weighted by Gasteiger charge is -2.04. The van der Waals surface area contributed by atoms with E-state index in [1.54, 1.807) is 18.2 Å². The molecule has 0 radical (unpaired) electrons. The second-order valence-corrected chi connectivity index (χ2v) is 4.73. The van der Waals surface area contributed by atoms with Gasteiger partial charge in [0.05, 0.1) is 4.70 Å². The van der Waals surface area contributed by atoms with Crippen LogP contribution < -0.4 is 4.94 Å². The van der Waals surface area contributed by atoms with E-state index in [4.69, 9.17) is 4.42 Å². The number of benzene rings is 2. The number of rotatable bonds is 1. The van der Waals surface area contributed by atoms with E-state index in [1.807, 2.05) is 0 Å². The fraction of sp³-hybridized carbons (Fsp3) is 0. The second kappa shape index (κ2) is 3.96. The van der Waals surface area contributed by atoms with Gasteiger partial charge in [0.2, 0.25) is 0 Å². The number of hydrogen-bond donors (Lipinski definition) is 1. The molecule has 3 rings (SSSR count). The van der Waals surface area contributed by atoms with Gasteiger partial charge in [0, 0.05) is 17.2 Å². The SMILES string of the molecule is O=c1oc2c(-c3ccccc3F)cc(O)cc2s1. The smallest absolute Gasteiger partial charge is 0.396 e. The van der Waals surface area contributed by atoms with Gasteiger partial charge in [-0.2, -0.15) is 0 Å². The van der Waals surface area contributed by atoms with Crippen molar-refractivity contribution in [2.24, 2.45) is 0 Å². The number of fused-ring (bicyclic) bond motifs is 1. The normalized spacial score (nSPS) is 10.9. The maximum atomic E-state index is 13.7. The highest BCUT2D eigenvalue weighted by molar-refractivity contribution is 7.16. The molecule has 3 nitrogen and oxygen atoms in total. The van der Waals surface area contributed by atoms with Crippen molar-refractivity contribution >= 4 is 21.6 Å². The van der Waals surface area contributed by atoms with Gasteiger partial charge < -0.3 is 9.52 Å². The molecule has 90 valence electrons. The van der Waals surface area contributed by atoms with Crippen molar-refractivity contribution in [3.05, 3.63) is 51.9 Å². The molecule has 0 aliphatic heterocycles. The summed E-state index contributed by atoms with van der Waals surface area (Å²) in [5, 5.41) is 9.61. The molecule has 0 saturated heterocycles. The molecule has 0 unspecified atom stereocenters. The van der Waals surface area contributed by atoms with E-state index in [9.17, 15) is 14.3 Å². The average Bonchev–Trinajstić information content (AvgIpc) is 2.69. The lowest BCUT2D eigenvalue weighted by molar-refractivity contribution is 0.476.